The van der Waals surface area contributed by atoms with Crippen molar-refractivity contribution in [2.45, 2.75) is 5.75 Å². The molecule has 2 heterocycles. The molecule has 4 nitrogen and oxygen atoms in total. The number of pyridine rings is 2. The summed E-state index contributed by atoms with van der Waals surface area (Å²) in [4.78, 5) is 8.07. The van der Waals surface area contributed by atoms with Crippen molar-refractivity contribution >= 4 is 43.9 Å². The van der Waals surface area contributed by atoms with Gasteiger partial charge in [0.15, 0.2) is 9.84 Å². The standard InChI is InChI=1S/C10H8Cl2N2O2S/c1-17(15,16)5-6-2-3-7-8(13-6)4-9(11)14-10(7)12/h2-4H,5H2,1H3. The number of hydrogen-bond acceptors (Lipinski definition) is 4. The molecule has 0 aliphatic rings. The molecule has 0 unspecified atom stereocenters. The van der Waals surface area contributed by atoms with E-state index < -0.39 is 9.84 Å². The zero-order chi connectivity index (χ0) is 12.6. The average molecular weight is 291 g/mol. The Bertz CT molecular complexity index is 686. The molecule has 0 fully saturated rings. The van der Waals surface area contributed by atoms with Crippen LogP contribution in [-0.2, 0) is 15.6 Å². The zero-order valence-electron chi connectivity index (χ0n) is 8.81. The van der Waals surface area contributed by atoms with Gasteiger partial charge in [-0.15, -0.1) is 0 Å². The first-order valence-electron chi connectivity index (χ1n) is 4.64. The largest absolute Gasteiger partial charge is 0.252 e. The minimum atomic E-state index is -3.11. The molecule has 17 heavy (non-hydrogen) atoms. The summed E-state index contributed by atoms with van der Waals surface area (Å²) in [5.41, 5.74) is 0.995. The van der Waals surface area contributed by atoms with Crippen LogP contribution >= 0.6 is 23.2 Å². The molecule has 2 aromatic rings. The fourth-order valence-electron chi connectivity index (χ4n) is 1.45. The van der Waals surface area contributed by atoms with Gasteiger partial charge >= 0.3 is 0 Å². The van der Waals surface area contributed by atoms with E-state index in [4.69, 9.17) is 23.2 Å². The Morgan fingerprint density at radius 1 is 1.24 bits per heavy atom. The third-order valence-corrected chi connectivity index (χ3v) is 3.38. The lowest BCUT2D eigenvalue weighted by Crippen LogP contribution is -2.02. The number of rotatable bonds is 2. The highest BCUT2D eigenvalue weighted by Crippen LogP contribution is 2.23. The molecular weight excluding hydrogens is 283 g/mol. The van der Waals surface area contributed by atoms with Gasteiger partial charge in [0.1, 0.15) is 10.3 Å². The smallest absolute Gasteiger partial charge is 0.153 e. The third-order valence-electron chi connectivity index (χ3n) is 2.08. The number of sulfone groups is 1. The van der Waals surface area contributed by atoms with E-state index in [0.717, 1.165) is 6.26 Å². The van der Waals surface area contributed by atoms with Crippen LogP contribution < -0.4 is 0 Å². The Hall–Kier alpha value is -0.910. The van der Waals surface area contributed by atoms with Gasteiger partial charge in [0.25, 0.3) is 0 Å². The fourth-order valence-corrected chi connectivity index (χ4v) is 2.63. The van der Waals surface area contributed by atoms with Crippen molar-refractivity contribution in [3.63, 3.8) is 0 Å². The number of halogens is 2. The van der Waals surface area contributed by atoms with Crippen molar-refractivity contribution in [3.05, 3.63) is 34.2 Å². The normalized spacial score (nSPS) is 11.9. The lowest BCUT2D eigenvalue weighted by molar-refractivity contribution is 0.600. The number of hydrogen-bond donors (Lipinski definition) is 0. The summed E-state index contributed by atoms with van der Waals surface area (Å²) in [6.45, 7) is 0. The Balaban J connectivity index is 2.58. The molecule has 0 atom stereocenters. The van der Waals surface area contributed by atoms with Gasteiger partial charge in [0.05, 0.1) is 17.0 Å². The lowest BCUT2D eigenvalue weighted by atomic mass is 10.2. The van der Waals surface area contributed by atoms with Crippen molar-refractivity contribution in [1.29, 1.82) is 0 Å². The topological polar surface area (TPSA) is 59.9 Å². The van der Waals surface area contributed by atoms with Gasteiger partial charge < -0.3 is 0 Å². The summed E-state index contributed by atoms with van der Waals surface area (Å²) >= 11 is 11.6. The molecule has 7 heteroatoms. The first kappa shape index (κ1) is 12.5. The number of nitrogens with zero attached hydrogens (tertiary/aromatic N) is 2. The maximum Gasteiger partial charge on any atom is 0.153 e. The monoisotopic (exact) mass is 290 g/mol. The van der Waals surface area contributed by atoms with Crippen LogP contribution in [0, 0.1) is 0 Å². The zero-order valence-corrected chi connectivity index (χ0v) is 11.1. The molecule has 2 rings (SSSR count). The van der Waals surface area contributed by atoms with Gasteiger partial charge in [-0.1, -0.05) is 23.2 Å². The molecular formula is C10H8Cl2N2O2S. The van der Waals surface area contributed by atoms with Gasteiger partial charge in [0, 0.05) is 17.7 Å². The summed E-state index contributed by atoms with van der Waals surface area (Å²) in [6, 6.07) is 4.86. The maximum atomic E-state index is 11.2. The van der Waals surface area contributed by atoms with E-state index in [1.165, 1.54) is 0 Å². The van der Waals surface area contributed by atoms with Gasteiger partial charge in [-0.2, -0.15) is 0 Å². The molecule has 0 N–H and O–H groups in total. The minimum Gasteiger partial charge on any atom is -0.252 e. The van der Waals surface area contributed by atoms with Crippen LogP contribution in [0.2, 0.25) is 10.3 Å². The SMILES string of the molecule is CS(=O)(=O)Cc1ccc2c(Cl)nc(Cl)cc2n1. The quantitative estimate of drug-likeness (QED) is 0.798. The first-order chi connectivity index (χ1) is 7.85. The number of aromatic nitrogens is 2. The second kappa shape index (κ2) is 4.40. The number of fused-ring (bicyclic) bond motifs is 1. The Morgan fingerprint density at radius 2 is 1.94 bits per heavy atom. The van der Waals surface area contributed by atoms with Crippen molar-refractivity contribution in [2.75, 3.05) is 6.26 Å². The van der Waals surface area contributed by atoms with Crippen LogP contribution in [0.5, 0.6) is 0 Å². The van der Waals surface area contributed by atoms with Crippen molar-refractivity contribution in [2.24, 2.45) is 0 Å². The molecule has 0 saturated heterocycles. The molecule has 0 amide bonds. The molecule has 0 aliphatic heterocycles. The first-order valence-corrected chi connectivity index (χ1v) is 7.46. The minimum absolute atomic E-state index is 0.111. The van der Waals surface area contributed by atoms with Crippen molar-refractivity contribution in [1.82, 2.24) is 9.97 Å². The van der Waals surface area contributed by atoms with Gasteiger partial charge in [-0.05, 0) is 12.1 Å². The second-order valence-electron chi connectivity index (χ2n) is 3.68. The van der Waals surface area contributed by atoms with Crippen molar-refractivity contribution < 1.29 is 8.42 Å². The fraction of sp³-hybridized carbons (Fsp3) is 0.200. The predicted octanol–water partition coefficient (Wildman–Crippen LogP) is 2.48. The summed E-state index contributed by atoms with van der Waals surface area (Å²) in [7, 11) is -3.11. The van der Waals surface area contributed by atoms with Gasteiger partial charge in [0.2, 0.25) is 0 Å². The van der Waals surface area contributed by atoms with E-state index >= 15 is 0 Å². The summed E-state index contributed by atoms with van der Waals surface area (Å²) < 4.78 is 22.3. The highest BCUT2D eigenvalue weighted by atomic mass is 35.5. The molecule has 0 spiro atoms. The van der Waals surface area contributed by atoms with Crippen LogP contribution in [0.3, 0.4) is 0 Å². The predicted molar refractivity (Wildman–Crippen MR) is 68.1 cm³/mol. The van der Waals surface area contributed by atoms with E-state index in [1.807, 2.05) is 0 Å². The molecule has 0 radical (unpaired) electrons. The van der Waals surface area contributed by atoms with E-state index in [1.54, 1.807) is 18.2 Å². The van der Waals surface area contributed by atoms with Gasteiger partial charge in [-0.25, -0.2) is 13.4 Å². The van der Waals surface area contributed by atoms with Crippen LogP contribution in [0.25, 0.3) is 10.9 Å². The Kier molecular flexibility index (Phi) is 3.25. The Labute approximate surface area is 109 Å². The summed E-state index contributed by atoms with van der Waals surface area (Å²) in [5, 5.41) is 1.13. The van der Waals surface area contributed by atoms with Crippen LogP contribution in [0.1, 0.15) is 5.69 Å². The van der Waals surface area contributed by atoms with Crippen LogP contribution in [0.15, 0.2) is 18.2 Å². The Morgan fingerprint density at radius 3 is 2.59 bits per heavy atom. The average Bonchev–Trinajstić information content (AvgIpc) is 2.13. The highest BCUT2D eigenvalue weighted by molar-refractivity contribution is 7.89. The molecule has 2 aromatic heterocycles. The van der Waals surface area contributed by atoms with Crippen LogP contribution in [-0.4, -0.2) is 24.6 Å². The van der Waals surface area contributed by atoms with Crippen molar-refractivity contribution in [3.8, 4) is 0 Å². The van der Waals surface area contributed by atoms with Crippen LogP contribution in [0.4, 0.5) is 0 Å². The molecule has 0 saturated carbocycles. The maximum absolute atomic E-state index is 11.2. The second-order valence-corrected chi connectivity index (χ2v) is 6.56. The highest BCUT2D eigenvalue weighted by Gasteiger charge is 2.09. The summed E-state index contributed by atoms with van der Waals surface area (Å²) in [6.07, 6.45) is 1.16. The summed E-state index contributed by atoms with van der Waals surface area (Å²) in [5.74, 6) is -0.111. The van der Waals surface area contributed by atoms with E-state index in [0.29, 0.717) is 16.6 Å². The molecule has 0 aromatic carbocycles. The van der Waals surface area contributed by atoms with E-state index in [-0.39, 0.29) is 16.1 Å². The van der Waals surface area contributed by atoms with E-state index in [2.05, 4.69) is 9.97 Å². The lowest BCUT2D eigenvalue weighted by Gasteiger charge is -2.03. The molecule has 90 valence electrons. The molecule has 0 aliphatic carbocycles. The molecule has 0 bridgehead atoms. The van der Waals surface area contributed by atoms with Gasteiger partial charge in [-0.3, -0.25) is 4.98 Å². The van der Waals surface area contributed by atoms with E-state index in [9.17, 15) is 8.42 Å². The third kappa shape index (κ3) is 3.06.